The van der Waals surface area contributed by atoms with Crippen molar-refractivity contribution in [2.45, 2.75) is 18.9 Å². The molecule has 0 aromatic heterocycles. The molecule has 20 heavy (non-hydrogen) atoms. The van der Waals surface area contributed by atoms with Crippen LogP contribution in [0.3, 0.4) is 0 Å². The van der Waals surface area contributed by atoms with Crippen molar-refractivity contribution in [3.63, 3.8) is 0 Å². The number of hydrogen-bond acceptors (Lipinski definition) is 2. The smallest absolute Gasteiger partial charge is 0.124 e. The fraction of sp³-hybridized carbons (Fsp3) is 0.188. The molecule has 1 unspecified atom stereocenters. The largest absolute Gasteiger partial charge is 0.385 e. The molecule has 0 spiro atoms. The molecule has 0 heterocycles. The highest BCUT2D eigenvalue weighted by molar-refractivity contribution is 9.10. The Morgan fingerprint density at radius 2 is 1.90 bits per heavy atom. The van der Waals surface area contributed by atoms with Crippen molar-refractivity contribution >= 4 is 15.9 Å². The molecule has 0 saturated carbocycles. The summed E-state index contributed by atoms with van der Waals surface area (Å²) in [7, 11) is 0. The SMILES string of the molecule is CC(O)(Cc1ccc(F)cc1Br)c1ccc(C#N)cc1. The summed E-state index contributed by atoms with van der Waals surface area (Å²) < 4.78 is 13.7. The topological polar surface area (TPSA) is 44.0 Å². The minimum atomic E-state index is -1.09. The van der Waals surface area contributed by atoms with Gasteiger partial charge in [-0.25, -0.2) is 4.39 Å². The molecule has 2 aromatic rings. The number of hydrogen-bond donors (Lipinski definition) is 1. The first-order valence-corrected chi connectivity index (χ1v) is 6.88. The van der Waals surface area contributed by atoms with Gasteiger partial charge in [-0.1, -0.05) is 34.1 Å². The van der Waals surface area contributed by atoms with E-state index in [1.807, 2.05) is 6.07 Å². The fourth-order valence-electron chi connectivity index (χ4n) is 2.04. The van der Waals surface area contributed by atoms with Gasteiger partial charge in [-0.3, -0.25) is 0 Å². The molecule has 0 fully saturated rings. The number of rotatable bonds is 3. The zero-order valence-corrected chi connectivity index (χ0v) is 12.5. The van der Waals surface area contributed by atoms with Gasteiger partial charge in [0.25, 0.3) is 0 Å². The third-order valence-corrected chi connectivity index (χ3v) is 3.92. The van der Waals surface area contributed by atoms with E-state index in [0.29, 0.717) is 22.0 Å². The number of nitriles is 1. The van der Waals surface area contributed by atoms with Crippen LogP contribution in [0.1, 0.15) is 23.6 Å². The molecule has 0 radical (unpaired) electrons. The summed E-state index contributed by atoms with van der Waals surface area (Å²) >= 11 is 3.30. The Labute approximate surface area is 125 Å². The Kier molecular flexibility index (Phi) is 4.22. The average molecular weight is 334 g/mol. The Balaban J connectivity index is 2.27. The minimum absolute atomic E-state index is 0.321. The van der Waals surface area contributed by atoms with Gasteiger partial charge in [0.2, 0.25) is 0 Å². The summed E-state index contributed by atoms with van der Waals surface area (Å²) in [6, 6.07) is 13.2. The second-order valence-electron chi connectivity index (χ2n) is 4.88. The van der Waals surface area contributed by atoms with E-state index in [1.165, 1.54) is 12.1 Å². The first-order valence-electron chi connectivity index (χ1n) is 6.09. The van der Waals surface area contributed by atoms with Crippen LogP contribution in [0.5, 0.6) is 0 Å². The molecular formula is C16H13BrFNO. The summed E-state index contributed by atoms with van der Waals surface area (Å²) in [6.07, 6.45) is 0.347. The van der Waals surface area contributed by atoms with Crippen LogP contribution >= 0.6 is 15.9 Å². The molecule has 0 amide bonds. The second-order valence-corrected chi connectivity index (χ2v) is 5.73. The van der Waals surface area contributed by atoms with Gasteiger partial charge < -0.3 is 5.11 Å². The zero-order valence-electron chi connectivity index (χ0n) is 10.9. The van der Waals surface area contributed by atoms with E-state index in [9.17, 15) is 9.50 Å². The van der Waals surface area contributed by atoms with Crippen LogP contribution in [0.2, 0.25) is 0 Å². The quantitative estimate of drug-likeness (QED) is 0.925. The van der Waals surface area contributed by atoms with E-state index in [2.05, 4.69) is 15.9 Å². The normalized spacial score (nSPS) is 13.6. The first-order chi connectivity index (χ1) is 9.42. The Morgan fingerprint density at radius 3 is 2.45 bits per heavy atom. The van der Waals surface area contributed by atoms with Crippen LogP contribution < -0.4 is 0 Å². The maximum Gasteiger partial charge on any atom is 0.124 e. The Hall–Kier alpha value is -1.70. The highest BCUT2D eigenvalue weighted by atomic mass is 79.9. The van der Waals surface area contributed by atoms with E-state index in [4.69, 9.17) is 5.26 Å². The fourth-order valence-corrected chi connectivity index (χ4v) is 2.53. The number of nitrogens with zero attached hydrogens (tertiary/aromatic N) is 1. The summed E-state index contributed by atoms with van der Waals surface area (Å²) in [5, 5.41) is 19.4. The lowest BCUT2D eigenvalue weighted by Crippen LogP contribution is -2.24. The van der Waals surface area contributed by atoms with Gasteiger partial charge in [0.15, 0.2) is 0 Å². The van der Waals surface area contributed by atoms with Gasteiger partial charge in [-0.15, -0.1) is 0 Å². The van der Waals surface area contributed by atoms with Crippen LogP contribution in [0.4, 0.5) is 4.39 Å². The molecular weight excluding hydrogens is 321 g/mol. The van der Waals surface area contributed by atoms with Crippen LogP contribution in [0, 0.1) is 17.1 Å². The van der Waals surface area contributed by atoms with Crippen molar-refractivity contribution in [1.29, 1.82) is 5.26 Å². The highest BCUT2D eigenvalue weighted by Gasteiger charge is 2.24. The predicted molar refractivity (Wildman–Crippen MR) is 78.5 cm³/mol. The summed E-state index contributed by atoms with van der Waals surface area (Å²) in [5.41, 5.74) is 0.995. The van der Waals surface area contributed by atoms with Crippen LogP contribution in [-0.4, -0.2) is 5.11 Å². The van der Waals surface area contributed by atoms with Gasteiger partial charge in [0.05, 0.1) is 17.2 Å². The first kappa shape index (κ1) is 14.7. The zero-order chi connectivity index (χ0) is 14.8. The lowest BCUT2D eigenvalue weighted by molar-refractivity contribution is 0.0574. The van der Waals surface area contributed by atoms with E-state index < -0.39 is 5.60 Å². The van der Waals surface area contributed by atoms with E-state index in [0.717, 1.165) is 5.56 Å². The number of benzene rings is 2. The van der Waals surface area contributed by atoms with E-state index >= 15 is 0 Å². The average Bonchev–Trinajstić information content (AvgIpc) is 2.42. The van der Waals surface area contributed by atoms with E-state index in [-0.39, 0.29) is 5.82 Å². The van der Waals surface area contributed by atoms with E-state index in [1.54, 1.807) is 37.3 Å². The van der Waals surface area contributed by atoms with Gasteiger partial charge in [0, 0.05) is 10.9 Å². The van der Waals surface area contributed by atoms with Crippen LogP contribution in [0.25, 0.3) is 0 Å². The van der Waals surface area contributed by atoms with Crippen molar-refractivity contribution in [2.24, 2.45) is 0 Å². The molecule has 2 nitrogen and oxygen atoms in total. The number of aliphatic hydroxyl groups is 1. The molecule has 2 aromatic carbocycles. The van der Waals surface area contributed by atoms with Crippen molar-refractivity contribution < 1.29 is 9.50 Å². The second kappa shape index (κ2) is 5.74. The molecule has 1 N–H and O–H groups in total. The summed E-state index contributed by atoms with van der Waals surface area (Å²) in [6.45, 7) is 1.70. The van der Waals surface area contributed by atoms with Crippen LogP contribution in [-0.2, 0) is 12.0 Å². The molecule has 102 valence electrons. The Bertz CT molecular complexity index is 659. The molecule has 2 rings (SSSR count). The Morgan fingerprint density at radius 1 is 1.25 bits per heavy atom. The third-order valence-electron chi connectivity index (χ3n) is 3.19. The third kappa shape index (κ3) is 3.24. The highest BCUT2D eigenvalue weighted by Crippen LogP contribution is 2.29. The molecule has 0 aliphatic carbocycles. The summed E-state index contributed by atoms with van der Waals surface area (Å²) in [5.74, 6) is -0.321. The lowest BCUT2D eigenvalue weighted by Gasteiger charge is -2.24. The van der Waals surface area contributed by atoms with Crippen molar-refractivity contribution in [2.75, 3.05) is 0 Å². The molecule has 0 bridgehead atoms. The molecule has 0 saturated heterocycles. The minimum Gasteiger partial charge on any atom is -0.385 e. The van der Waals surface area contributed by atoms with Crippen molar-refractivity contribution in [3.05, 3.63) is 69.4 Å². The van der Waals surface area contributed by atoms with Crippen molar-refractivity contribution in [3.8, 4) is 6.07 Å². The van der Waals surface area contributed by atoms with Gasteiger partial charge in [0.1, 0.15) is 5.82 Å². The molecule has 0 aliphatic heterocycles. The molecule has 4 heteroatoms. The number of halogens is 2. The van der Waals surface area contributed by atoms with Gasteiger partial charge >= 0.3 is 0 Å². The predicted octanol–water partition coefficient (Wildman–Crippen LogP) is 3.91. The summed E-state index contributed by atoms with van der Waals surface area (Å²) in [4.78, 5) is 0. The monoisotopic (exact) mass is 333 g/mol. The van der Waals surface area contributed by atoms with Gasteiger partial charge in [-0.2, -0.15) is 5.26 Å². The molecule has 0 aliphatic rings. The maximum atomic E-state index is 13.1. The van der Waals surface area contributed by atoms with Crippen molar-refractivity contribution in [1.82, 2.24) is 0 Å². The molecule has 1 atom stereocenters. The van der Waals surface area contributed by atoms with Crippen LogP contribution in [0.15, 0.2) is 46.9 Å². The maximum absolute atomic E-state index is 13.1. The lowest BCUT2D eigenvalue weighted by atomic mass is 9.88. The standard InChI is InChI=1S/C16H13BrFNO/c1-16(20,13-5-2-11(10-19)3-6-13)9-12-4-7-14(18)8-15(12)17/h2-8,20H,9H2,1H3. The van der Waals surface area contributed by atoms with Gasteiger partial charge in [-0.05, 0) is 42.3 Å².